The summed E-state index contributed by atoms with van der Waals surface area (Å²) < 4.78 is 13.5. The Morgan fingerprint density at radius 2 is 1.84 bits per heavy atom. The number of anilines is 1. The van der Waals surface area contributed by atoms with Gasteiger partial charge in [0.2, 0.25) is 0 Å². The molecular formula is C28H24FN5O3. The lowest BCUT2D eigenvalue weighted by molar-refractivity contribution is 0.0952. The summed E-state index contributed by atoms with van der Waals surface area (Å²) in [6, 6.07) is 22.0. The zero-order valence-electron chi connectivity index (χ0n) is 19.7. The molecule has 0 saturated carbocycles. The number of rotatable bonds is 8. The van der Waals surface area contributed by atoms with Gasteiger partial charge in [0.15, 0.2) is 0 Å². The van der Waals surface area contributed by atoms with Crippen molar-refractivity contribution in [2.45, 2.75) is 12.6 Å². The summed E-state index contributed by atoms with van der Waals surface area (Å²) in [6.07, 6.45) is 0.731. The third-order valence-corrected chi connectivity index (χ3v) is 5.97. The van der Waals surface area contributed by atoms with Crippen LogP contribution in [0.5, 0.6) is 0 Å². The molecule has 186 valence electrons. The first-order valence-corrected chi connectivity index (χ1v) is 11.7. The first-order chi connectivity index (χ1) is 18.0. The van der Waals surface area contributed by atoms with E-state index in [-0.39, 0.29) is 41.8 Å². The molecule has 2 aromatic heterocycles. The molecule has 1 atom stereocenters. The molecule has 3 aromatic carbocycles. The second kappa shape index (κ2) is 10.5. The van der Waals surface area contributed by atoms with E-state index in [1.807, 2.05) is 30.3 Å². The summed E-state index contributed by atoms with van der Waals surface area (Å²) in [5.41, 5.74) is 3.03. The Hall–Kier alpha value is -4.76. The van der Waals surface area contributed by atoms with Gasteiger partial charge in [0.25, 0.3) is 11.5 Å². The lowest BCUT2D eigenvalue weighted by atomic mass is 10.1. The number of amides is 1. The Balaban J connectivity index is 1.41. The number of hydrogen-bond acceptors (Lipinski definition) is 5. The highest BCUT2D eigenvalue weighted by Crippen LogP contribution is 2.26. The lowest BCUT2D eigenvalue weighted by Crippen LogP contribution is -2.23. The minimum absolute atomic E-state index is 0.153. The van der Waals surface area contributed by atoms with Crippen molar-refractivity contribution < 1.29 is 14.3 Å². The van der Waals surface area contributed by atoms with Crippen LogP contribution in [-0.2, 0) is 6.54 Å². The highest BCUT2D eigenvalue weighted by atomic mass is 19.1. The molecule has 1 unspecified atom stereocenters. The number of hydrogen-bond donors (Lipinski definition) is 5. The van der Waals surface area contributed by atoms with Crippen LogP contribution in [0.3, 0.4) is 0 Å². The van der Waals surface area contributed by atoms with Gasteiger partial charge in [0, 0.05) is 19.3 Å². The molecule has 0 aliphatic rings. The van der Waals surface area contributed by atoms with Crippen LogP contribution >= 0.6 is 0 Å². The van der Waals surface area contributed by atoms with Crippen molar-refractivity contribution in [3.8, 4) is 11.4 Å². The number of carbonyl (C=O) groups is 1. The molecule has 0 radical (unpaired) electrons. The minimum Gasteiger partial charge on any atom is -0.387 e. The number of carbonyl (C=O) groups excluding carboxylic acids is 1. The molecule has 5 rings (SSSR count). The van der Waals surface area contributed by atoms with Crippen molar-refractivity contribution in [2.24, 2.45) is 0 Å². The van der Waals surface area contributed by atoms with Crippen LogP contribution in [0, 0.1) is 5.82 Å². The molecule has 37 heavy (non-hydrogen) atoms. The fourth-order valence-electron chi connectivity index (χ4n) is 4.12. The van der Waals surface area contributed by atoms with Gasteiger partial charge in [-0.15, -0.1) is 0 Å². The van der Waals surface area contributed by atoms with Crippen molar-refractivity contribution in [3.05, 3.63) is 118 Å². The van der Waals surface area contributed by atoms with Gasteiger partial charge in [-0.3, -0.25) is 9.59 Å². The Morgan fingerprint density at radius 1 is 1.03 bits per heavy atom. The largest absolute Gasteiger partial charge is 0.387 e. The van der Waals surface area contributed by atoms with E-state index in [4.69, 9.17) is 0 Å². The predicted molar refractivity (Wildman–Crippen MR) is 140 cm³/mol. The first kappa shape index (κ1) is 24.0. The first-order valence-electron chi connectivity index (χ1n) is 11.7. The van der Waals surface area contributed by atoms with Crippen molar-refractivity contribution >= 4 is 22.6 Å². The highest BCUT2D eigenvalue weighted by molar-refractivity contribution is 6.05. The fraction of sp³-hybridized carbons (Fsp3) is 0.107. The summed E-state index contributed by atoms with van der Waals surface area (Å²) in [7, 11) is 0. The number of imidazole rings is 1. The number of H-pyrrole nitrogens is 2. The number of aliphatic hydroxyl groups is 1. The Labute approximate surface area is 211 Å². The summed E-state index contributed by atoms with van der Waals surface area (Å²) in [4.78, 5) is 36.1. The normalized spacial score (nSPS) is 11.8. The second-order valence-electron chi connectivity index (χ2n) is 8.50. The van der Waals surface area contributed by atoms with Gasteiger partial charge in [-0.25, -0.2) is 9.37 Å². The zero-order chi connectivity index (χ0) is 25.8. The molecule has 0 saturated heterocycles. The van der Waals surface area contributed by atoms with E-state index < -0.39 is 6.10 Å². The van der Waals surface area contributed by atoms with Gasteiger partial charge in [-0.1, -0.05) is 48.5 Å². The fourth-order valence-corrected chi connectivity index (χ4v) is 4.12. The monoisotopic (exact) mass is 497 g/mol. The zero-order valence-corrected chi connectivity index (χ0v) is 19.7. The summed E-state index contributed by atoms with van der Waals surface area (Å²) in [6.45, 7) is 0.328. The standard InChI is InChI=1S/C28H24FN5O3/c29-19-9-4-6-17(14-19)15-32-27(36)20-10-5-11-22-25(20)34-26(33-22)24-21(12-13-30-28(24)37)31-16-23(35)18-7-2-1-3-8-18/h1-14,23,35H,15-16H2,(H,32,36)(H,33,34)(H2,30,31,37). The van der Waals surface area contributed by atoms with Gasteiger partial charge in [0.05, 0.1) is 22.9 Å². The van der Waals surface area contributed by atoms with E-state index in [1.165, 1.54) is 18.3 Å². The summed E-state index contributed by atoms with van der Waals surface area (Å²) in [5.74, 6) is -0.474. The average Bonchev–Trinajstić information content (AvgIpc) is 3.35. The molecule has 0 aliphatic carbocycles. The van der Waals surface area contributed by atoms with E-state index in [0.29, 0.717) is 27.8 Å². The molecule has 2 heterocycles. The lowest BCUT2D eigenvalue weighted by Gasteiger charge is -2.14. The SMILES string of the molecule is O=C(NCc1cccc(F)c1)c1cccc2[nH]c(-c3c(NCC(O)c4ccccc4)cc[nH]c3=O)nc12. The van der Waals surface area contributed by atoms with Crippen LogP contribution in [-0.4, -0.2) is 32.5 Å². The number of halogens is 1. The molecule has 5 aromatic rings. The summed E-state index contributed by atoms with van der Waals surface area (Å²) >= 11 is 0. The van der Waals surface area contributed by atoms with E-state index >= 15 is 0 Å². The highest BCUT2D eigenvalue weighted by Gasteiger charge is 2.19. The van der Waals surface area contributed by atoms with Crippen molar-refractivity contribution in [2.75, 3.05) is 11.9 Å². The predicted octanol–water partition coefficient (Wildman–Crippen LogP) is 4.13. The quantitative estimate of drug-likeness (QED) is 0.221. The average molecular weight is 498 g/mol. The van der Waals surface area contributed by atoms with E-state index in [9.17, 15) is 19.1 Å². The molecule has 8 nitrogen and oxygen atoms in total. The maximum atomic E-state index is 13.5. The van der Waals surface area contributed by atoms with Crippen molar-refractivity contribution in [3.63, 3.8) is 0 Å². The molecular weight excluding hydrogens is 473 g/mol. The molecule has 9 heteroatoms. The number of nitrogens with zero attached hydrogens (tertiary/aromatic N) is 1. The Bertz CT molecular complexity index is 1610. The number of nitrogens with one attached hydrogen (secondary N) is 4. The van der Waals surface area contributed by atoms with E-state index in [2.05, 4.69) is 25.6 Å². The van der Waals surface area contributed by atoms with Crippen molar-refractivity contribution in [1.29, 1.82) is 0 Å². The maximum Gasteiger partial charge on any atom is 0.261 e. The van der Waals surface area contributed by atoms with Gasteiger partial charge in [-0.05, 0) is 41.5 Å². The third-order valence-electron chi connectivity index (χ3n) is 5.97. The van der Waals surface area contributed by atoms with Gasteiger partial charge in [0.1, 0.15) is 22.7 Å². The summed E-state index contributed by atoms with van der Waals surface area (Å²) in [5, 5.41) is 16.5. The Morgan fingerprint density at radius 3 is 2.65 bits per heavy atom. The second-order valence-corrected chi connectivity index (χ2v) is 8.50. The number of benzene rings is 3. The number of pyridine rings is 1. The third kappa shape index (κ3) is 5.26. The van der Waals surface area contributed by atoms with Crippen LogP contribution in [0.25, 0.3) is 22.4 Å². The molecule has 0 fully saturated rings. The molecule has 0 spiro atoms. The van der Waals surface area contributed by atoms with Crippen LogP contribution in [0.4, 0.5) is 10.1 Å². The van der Waals surface area contributed by atoms with E-state index in [1.54, 1.807) is 36.4 Å². The van der Waals surface area contributed by atoms with Gasteiger partial charge < -0.3 is 25.7 Å². The molecule has 0 bridgehead atoms. The van der Waals surface area contributed by atoms with Gasteiger partial charge in [-0.2, -0.15) is 0 Å². The number of para-hydroxylation sites is 1. The minimum atomic E-state index is -0.780. The smallest absolute Gasteiger partial charge is 0.261 e. The molecule has 5 N–H and O–H groups in total. The van der Waals surface area contributed by atoms with E-state index in [0.717, 1.165) is 5.56 Å². The number of fused-ring (bicyclic) bond motifs is 1. The Kier molecular flexibility index (Phi) is 6.78. The van der Waals surface area contributed by atoms with Gasteiger partial charge >= 0.3 is 0 Å². The van der Waals surface area contributed by atoms with Crippen LogP contribution in [0.2, 0.25) is 0 Å². The number of aliphatic hydroxyl groups excluding tert-OH is 1. The van der Waals surface area contributed by atoms with Crippen molar-refractivity contribution in [1.82, 2.24) is 20.3 Å². The maximum absolute atomic E-state index is 13.5. The topological polar surface area (TPSA) is 123 Å². The van der Waals surface area contributed by atoms with Crippen LogP contribution in [0.1, 0.15) is 27.6 Å². The number of aromatic amines is 2. The number of aromatic nitrogens is 3. The molecule has 1 amide bonds. The molecule has 0 aliphatic heterocycles. The van der Waals surface area contributed by atoms with Crippen LogP contribution in [0.15, 0.2) is 89.9 Å². The van der Waals surface area contributed by atoms with Crippen LogP contribution < -0.4 is 16.2 Å².